The summed E-state index contributed by atoms with van der Waals surface area (Å²) in [7, 11) is 0. The number of thiophene rings is 1. The molecule has 2 aliphatic rings. The molecule has 126 valence electrons. The second-order valence-electron chi connectivity index (χ2n) is 6.39. The minimum absolute atomic E-state index is 0.0124. The lowest BCUT2D eigenvalue weighted by molar-refractivity contribution is 0.0860. The number of urea groups is 1. The second-order valence-corrected chi connectivity index (χ2v) is 7.48. The number of aromatic nitrogens is 1. The minimum Gasteiger partial charge on any atom is -0.351 e. The number of hydrogen-bond acceptors (Lipinski definition) is 3. The topological polar surface area (TPSA) is 80.4 Å². The average molecular weight is 344 g/mol. The summed E-state index contributed by atoms with van der Waals surface area (Å²) in [6.07, 6.45) is 8.30. The fourth-order valence-corrected chi connectivity index (χ4v) is 4.80. The molecule has 24 heavy (non-hydrogen) atoms. The molecule has 0 atom stereocenters. The van der Waals surface area contributed by atoms with E-state index in [9.17, 15) is 9.59 Å². The van der Waals surface area contributed by atoms with Gasteiger partial charge in [-0.05, 0) is 43.4 Å². The third kappa shape index (κ3) is 2.58. The van der Waals surface area contributed by atoms with Gasteiger partial charge in [-0.15, -0.1) is 11.3 Å². The van der Waals surface area contributed by atoms with E-state index in [0.29, 0.717) is 13.1 Å². The zero-order valence-corrected chi connectivity index (χ0v) is 14.1. The van der Waals surface area contributed by atoms with Gasteiger partial charge in [-0.2, -0.15) is 0 Å². The highest BCUT2D eigenvalue weighted by Crippen LogP contribution is 2.37. The average Bonchev–Trinajstić information content (AvgIpc) is 3.16. The van der Waals surface area contributed by atoms with Gasteiger partial charge in [0.2, 0.25) is 0 Å². The van der Waals surface area contributed by atoms with E-state index in [-0.39, 0.29) is 11.9 Å². The highest BCUT2D eigenvalue weighted by molar-refractivity contribution is 7.15. The minimum atomic E-state index is -0.429. The van der Waals surface area contributed by atoms with Gasteiger partial charge in [0.25, 0.3) is 5.91 Å². The third-order valence-electron chi connectivity index (χ3n) is 4.75. The molecule has 1 saturated heterocycles. The van der Waals surface area contributed by atoms with E-state index in [1.54, 1.807) is 11.3 Å². The van der Waals surface area contributed by atoms with Crippen molar-refractivity contribution in [2.45, 2.75) is 31.7 Å². The molecule has 1 fully saturated rings. The van der Waals surface area contributed by atoms with E-state index >= 15 is 0 Å². The van der Waals surface area contributed by atoms with Crippen molar-refractivity contribution in [2.75, 3.05) is 13.1 Å². The number of aryl methyl sites for hydroxylation is 1. The lowest BCUT2D eigenvalue weighted by atomic mass is 9.95. The van der Waals surface area contributed by atoms with Gasteiger partial charge in [0.15, 0.2) is 0 Å². The molecule has 1 aliphatic heterocycles. The Labute approximate surface area is 144 Å². The number of rotatable bonds is 3. The molecular weight excluding hydrogens is 324 g/mol. The van der Waals surface area contributed by atoms with Crippen LogP contribution in [0, 0.1) is 0 Å². The van der Waals surface area contributed by atoms with Crippen LogP contribution >= 0.6 is 11.3 Å². The standard InChI is InChI=1S/C17H20N4O2S/c18-17(23)21-9-11(10-21)19-15(22)14-12-5-1-2-6-13(12)24-16(14)20-7-3-4-8-20/h3-4,7-8,11H,1-2,5-6,9-10H2,(H2,18,23)(H,19,22). The third-order valence-corrected chi connectivity index (χ3v) is 6.05. The lowest BCUT2D eigenvalue weighted by Crippen LogP contribution is -2.62. The summed E-state index contributed by atoms with van der Waals surface area (Å²) in [4.78, 5) is 26.9. The Morgan fingerprint density at radius 1 is 1.17 bits per heavy atom. The van der Waals surface area contributed by atoms with E-state index in [1.165, 1.54) is 21.8 Å². The van der Waals surface area contributed by atoms with Crippen molar-refractivity contribution in [3.8, 4) is 5.00 Å². The van der Waals surface area contributed by atoms with Gasteiger partial charge >= 0.3 is 6.03 Å². The van der Waals surface area contributed by atoms with Crippen LogP contribution in [-0.4, -0.2) is 40.5 Å². The van der Waals surface area contributed by atoms with Crippen molar-refractivity contribution in [3.05, 3.63) is 40.5 Å². The Hall–Kier alpha value is -2.28. The Morgan fingerprint density at radius 2 is 1.88 bits per heavy atom. The summed E-state index contributed by atoms with van der Waals surface area (Å²) in [5, 5.41) is 4.06. The molecule has 0 spiro atoms. The molecule has 4 rings (SSSR count). The number of primary amides is 1. The van der Waals surface area contributed by atoms with E-state index in [0.717, 1.165) is 29.8 Å². The summed E-state index contributed by atoms with van der Waals surface area (Å²) >= 11 is 1.72. The van der Waals surface area contributed by atoms with Gasteiger partial charge in [-0.25, -0.2) is 4.79 Å². The van der Waals surface area contributed by atoms with E-state index in [1.807, 2.05) is 29.1 Å². The number of amides is 3. The largest absolute Gasteiger partial charge is 0.351 e. The Morgan fingerprint density at radius 3 is 2.58 bits per heavy atom. The zero-order chi connectivity index (χ0) is 16.7. The van der Waals surface area contributed by atoms with Gasteiger partial charge in [-0.1, -0.05) is 0 Å². The first kappa shape index (κ1) is 15.3. The van der Waals surface area contributed by atoms with Crippen molar-refractivity contribution in [2.24, 2.45) is 5.73 Å². The monoisotopic (exact) mass is 344 g/mol. The molecule has 0 radical (unpaired) electrons. The summed E-state index contributed by atoms with van der Waals surface area (Å²) in [5.74, 6) is -0.0350. The molecule has 6 nitrogen and oxygen atoms in total. The number of nitrogens with one attached hydrogen (secondary N) is 1. The van der Waals surface area contributed by atoms with Gasteiger partial charge < -0.3 is 20.5 Å². The van der Waals surface area contributed by atoms with Crippen LogP contribution < -0.4 is 11.1 Å². The SMILES string of the molecule is NC(=O)N1CC(NC(=O)c2c(-n3cccc3)sc3c2CCCC3)C1. The first-order chi connectivity index (χ1) is 11.6. The molecule has 2 aromatic rings. The Kier molecular flexibility index (Phi) is 3.80. The second kappa shape index (κ2) is 5.98. The van der Waals surface area contributed by atoms with Crippen molar-refractivity contribution in [1.29, 1.82) is 0 Å². The van der Waals surface area contributed by atoms with Crippen LogP contribution in [0.2, 0.25) is 0 Å². The van der Waals surface area contributed by atoms with Crippen LogP contribution in [0.1, 0.15) is 33.6 Å². The molecule has 2 aromatic heterocycles. The number of fused-ring (bicyclic) bond motifs is 1. The van der Waals surface area contributed by atoms with Crippen molar-refractivity contribution >= 4 is 23.3 Å². The fraction of sp³-hybridized carbons (Fsp3) is 0.412. The Balaban J connectivity index is 1.60. The first-order valence-corrected chi connectivity index (χ1v) is 9.08. The number of carbonyl (C=O) groups is 2. The maximum Gasteiger partial charge on any atom is 0.314 e. The van der Waals surface area contributed by atoms with Gasteiger partial charge in [0.05, 0.1) is 11.6 Å². The summed E-state index contributed by atoms with van der Waals surface area (Å²) < 4.78 is 2.02. The maximum absolute atomic E-state index is 12.9. The molecule has 0 saturated carbocycles. The quantitative estimate of drug-likeness (QED) is 0.892. The van der Waals surface area contributed by atoms with Gasteiger partial charge in [-0.3, -0.25) is 4.79 Å². The molecule has 3 amide bonds. The smallest absolute Gasteiger partial charge is 0.314 e. The van der Waals surface area contributed by atoms with Crippen LogP contribution in [0.3, 0.4) is 0 Å². The summed E-state index contributed by atoms with van der Waals surface area (Å²) in [6.45, 7) is 0.985. The first-order valence-electron chi connectivity index (χ1n) is 8.26. The van der Waals surface area contributed by atoms with Crippen LogP contribution in [-0.2, 0) is 12.8 Å². The van der Waals surface area contributed by atoms with Crippen LogP contribution in [0.5, 0.6) is 0 Å². The highest BCUT2D eigenvalue weighted by Gasteiger charge is 2.33. The van der Waals surface area contributed by atoms with E-state index in [2.05, 4.69) is 5.32 Å². The predicted molar refractivity (Wildman–Crippen MR) is 92.7 cm³/mol. The van der Waals surface area contributed by atoms with Gasteiger partial charge in [0, 0.05) is 30.4 Å². The number of hydrogen-bond donors (Lipinski definition) is 2. The van der Waals surface area contributed by atoms with E-state index in [4.69, 9.17) is 5.73 Å². The van der Waals surface area contributed by atoms with Crippen LogP contribution in [0.15, 0.2) is 24.5 Å². The predicted octanol–water partition coefficient (Wildman–Crippen LogP) is 1.91. The van der Waals surface area contributed by atoms with Crippen LogP contribution in [0.4, 0.5) is 4.79 Å². The Bertz CT molecular complexity index is 775. The van der Waals surface area contributed by atoms with E-state index < -0.39 is 6.03 Å². The molecule has 0 unspecified atom stereocenters. The fourth-order valence-electron chi connectivity index (χ4n) is 3.44. The normalized spacial score (nSPS) is 17.2. The number of nitrogens with two attached hydrogens (primary N) is 1. The molecule has 1 aliphatic carbocycles. The molecule has 0 aromatic carbocycles. The van der Waals surface area contributed by atoms with Crippen molar-refractivity contribution < 1.29 is 9.59 Å². The molecule has 3 heterocycles. The summed E-state index contributed by atoms with van der Waals surface area (Å²) in [5.41, 5.74) is 7.25. The molecule has 7 heteroatoms. The molecule has 0 bridgehead atoms. The van der Waals surface area contributed by atoms with Crippen molar-refractivity contribution in [1.82, 2.24) is 14.8 Å². The van der Waals surface area contributed by atoms with Crippen molar-refractivity contribution in [3.63, 3.8) is 0 Å². The highest BCUT2D eigenvalue weighted by atomic mass is 32.1. The van der Waals surface area contributed by atoms with Gasteiger partial charge in [0.1, 0.15) is 5.00 Å². The van der Waals surface area contributed by atoms with Crippen LogP contribution in [0.25, 0.3) is 5.00 Å². The molecular formula is C17H20N4O2S. The number of nitrogens with zero attached hydrogens (tertiary/aromatic N) is 2. The number of likely N-dealkylation sites (tertiary alicyclic amines) is 1. The zero-order valence-electron chi connectivity index (χ0n) is 13.3. The lowest BCUT2D eigenvalue weighted by Gasteiger charge is -2.38. The summed E-state index contributed by atoms with van der Waals surface area (Å²) in [6, 6.07) is 3.50. The molecule has 3 N–H and O–H groups in total. The maximum atomic E-state index is 12.9. The number of carbonyl (C=O) groups excluding carboxylic acids is 2.